The van der Waals surface area contributed by atoms with E-state index >= 15 is 0 Å². The molecule has 5 nitrogen and oxygen atoms in total. The fourth-order valence-electron chi connectivity index (χ4n) is 3.59. The number of carbonyl (C=O) groups excluding carboxylic acids is 1. The van der Waals surface area contributed by atoms with Crippen LogP contribution in [0.1, 0.15) is 30.5 Å². The van der Waals surface area contributed by atoms with Gasteiger partial charge in [-0.1, -0.05) is 32.0 Å². The number of alkyl halides is 3. The Labute approximate surface area is 199 Å². The van der Waals surface area contributed by atoms with Crippen molar-refractivity contribution in [2.45, 2.75) is 33.4 Å². The molecule has 0 saturated carbocycles. The maximum absolute atomic E-state index is 14.3. The number of hydrogen-bond acceptors (Lipinski definition) is 3. The fourth-order valence-corrected chi connectivity index (χ4v) is 3.59. The molecule has 4 aromatic rings. The average Bonchev–Trinajstić information content (AvgIpc) is 2.82. The van der Waals surface area contributed by atoms with Crippen LogP contribution in [0.25, 0.3) is 16.5 Å². The van der Waals surface area contributed by atoms with Gasteiger partial charge in [-0.25, -0.2) is 4.39 Å². The molecule has 0 aliphatic heterocycles. The molecule has 0 radical (unpaired) electrons. The Hall–Kier alpha value is -4.01. The molecule has 0 unspecified atom stereocenters. The van der Waals surface area contributed by atoms with Crippen molar-refractivity contribution in [2.75, 3.05) is 5.32 Å². The number of anilines is 1. The number of aryl methyl sites for hydroxylation is 1. The quantitative estimate of drug-likeness (QED) is 0.358. The molecule has 0 aliphatic carbocycles. The Bertz CT molecular complexity index is 1430. The number of nitrogens with zero attached hydrogens (tertiary/aromatic N) is 2. The van der Waals surface area contributed by atoms with Crippen LogP contribution in [-0.2, 0) is 17.4 Å². The zero-order valence-corrected chi connectivity index (χ0v) is 19.3. The van der Waals surface area contributed by atoms with Crippen LogP contribution in [0, 0.1) is 12.7 Å². The van der Waals surface area contributed by atoms with Gasteiger partial charge >= 0.3 is 6.18 Å². The van der Waals surface area contributed by atoms with E-state index in [9.17, 15) is 27.2 Å². The molecule has 9 heteroatoms. The predicted octanol–water partition coefficient (Wildman–Crippen LogP) is 6.06. The first-order valence-corrected chi connectivity index (χ1v) is 10.9. The van der Waals surface area contributed by atoms with Crippen molar-refractivity contribution >= 4 is 22.4 Å². The van der Waals surface area contributed by atoms with Crippen molar-refractivity contribution < 1.29 is 22.4 Å². The van der Waals surface area contributed by atoms with Gasteiger partial charge in [-0.15, -0.1) is 0 Å². The highest BCUT2D eigenvalue weighted by Crippen LogP contribution is 2.32. The maximum Gasteiger partial charge on any atom is 0.419 e. The Balaban J connectivity index is 0.00000167. The van der Waals surface area contributed by atoms with Crippen molar-refractivity contribution in [1.82, 2.24) is 9.55 Å². The van der Waals surface area contributed by atoms with Gasteiger partial charge in [-0.2, -0.15) is 13.2 Å². The van der Waals surface area contributed by atoms with Gasteiger partial charge in [0, 0.05) is 28.9 Å². The minimum atomic E-state index is -4.86. The number of carbonyl (C=O) groups is 1. The smallest absolute Gasteiger partial charge is 0.325 e. The van der Waals surface area contributed by atoms with Gasteiger partial charge in [0.25, 0.3) is 5.56 Å². The predicted molar refractivity (Wildman–Crippen MR) is 127 cm³/mol. The van der Waals surface area contributed by atoms with Gasteiger partial charge in [0.05, 0.1) is 23.9 Å². The van der Waals surface area contributed by atoms with E-state index in [1.54, 1.807) is 48.9 Å². The summed E-state index contributed by atoms with van der Waals surface area (Å²) in [6.45, 7) is 5.84. The van der Waals surface area contributed by atoms with E-state index in [-0.39, 0.29) is 16.8 Å². The number of rotatable bonds is 4. The molecular formula is C26H23F4N3O2. The van der Waals surface area contributed by atoms with Crippen LogP contribution in [0.3, 0.4) is 0 Å². The van der Waals surface area contributed by atoms with Gasteiger partial charge in [-0.3, -0.25) is 19.1 Å². The number of aromatic nitrogens is 2. The third-order valence-corrected chi connectivity index (χ3v) is 5.23. The summed E-state index contributed by atoms with van der Waals surface area (Å²) < 4.78 is 54.5. The third kappa shape index (κ3) is 5.40. The number of fused-ring (bicyclic) bond motifs is 1. The van der Waals surface area contributed by atoms with Crippen molar-refractivity contribution in [1.29, 1.82) is 0 Å². The summed E-state index contributed by atoms with van der Waals surface area (Å²) >= 11 is 0. The number of nitrogens with one attached hydrogen (secondary N) is 1. The van der Waals surface area contributed by atoms with E-state index in [0.29, 0.717) is 22.5 Å². The van der Waals surface area contributed by atoms with Gasteiger partial charge in [-0.05, 0) is 48.4 Å². The van der Waals surface area contributed by atoms with E-state index in [0.717, 1.165) is 17.7 Å². The molecule has 4 rings (SSSR count). The summed E-state index contributed by atoms with van der Waals surface area (Å²) in [5.41, 5.74) is -0.389. The molecule has 1 N–H and O–H groups in total. The fraction of sp³-hybridized carbons (Fsp3) is 0.192. The summed E-state index contributed by atoms with van der Waals surface area (Å²) in [6, 6.07) is 10.9. The van der Waals surface area contributed by atoms with Crippen LogP contribution in [0.15, 0.2) is 71.9 Å². The monoisotopic (exact) mass is 485 g/mol. The number of halogens is 4. The van der Waals surface area contributed by atoms with Crippen LogP contribution in [0.5, 0.6) is 0 Å². The van der Waals surface area contributed by atoms with Crippen LogP contribution < -0.4 is 10.9 Å². The summed E-state index contributed by atoms with van der Waals surface area (Å²) in [4.78, 5) is 29.6. The Morgan fingerprint density at radius 1 is 1.03 bits per heavy atom. The topological polar surface area (TPSA) is 64.0 Å². The molecule has 2 aromatic heterocycles. The maximum atomic E-state index is 14.3. The average molecular weight is 485 g/mol. The molecule has 182 valence electrons. The molecule has 0 atom stereocenters. The van der Waals surface area contributed by atoms with Crippen molar-refractivity contribution in [3.05, 3.63) is 100.0 Å². The summed E-state index contributed by atoms with van der Waals surface area (Å²) in [5, 5.41) is 3.34. The number of hydrogen-bond donors (Lipinski definition) is 1. The van der Waals surface area contributed by atoms with E-state index in [4.69, 9.17) is 0 Å². The Kier molecular flexibility index (Phi) is 7.68. The van der Waals surface area contributed by atoms with Gasteiger partial charge in [0.1, 0.15) is 5.82 Å². The molecular weight excluding hydrogens is 462 g/mol. The highest BCUT2D eigenvalue weighted by atomic mass is 19.4. The van der Waals surface area contributed by atoms with Gasteiger partial charge < -0.3 is 5.32 Å². The molecule has 0 saturated heterocycles. The van der Waals surface area contributed by atoms with Gasteiger partial charge in [0.2, 0.25) is 5.91 Å². The second-order valence-corrected chi connectivity index (χ2v) is 7.42. The molecule has 0 bridgehead atoms. The van der Waals surface area contributed by atoms with E-state index in [1.807, 2.05) is 20.8 Å². The second kappa shape index (κ2) is 10.5. The molecule has 2 aromatic carbocycles. The second-order valence-electron chi connectivity index (χ2n) is 7.42. The first kappa shape index (κ1) is 25.6. The SMILES string of the molecule is CC.Cc1ccncc1-n1ccc2c(NC(=O)Cc3cccc(C(F)(F)F)c3F)cccc2c1=O. The van der Waals surface area contributed by atoms with E-state index in [1.165, 1.54) is 4.57 Å². The summed E-state index contributed by atoms with van der Waals surface area (Å²) in [7, 11) is 0. The minimum absolute atomic E-state index is 0.289. The lowest BCUT2D eigenvalue weighted by Crippen LogP contribution is -2.20. The largest absolute Gasteiger partial charge is 0.419 e. The Morgan fingerprint density at radius 3 is 2.43 bits per heavy atom. The first-order valence-electron chi connectivity index (χ1n) is 10.9. The van der Waals surface area contributed by atoms with Crippen LogP contribution >= 0.6 is 0 Å². The standard InChI is InChI=1S/C24H17F4N3O2.C2H6/c1-14-8-10-29-13-20(14)31-11-9-16-17(23(31)33)5-3-7-19(16)30-21(32)12-15-4-2-6-18(22(15)25)24(26,27)28;1-2/h2-11,13H,12H2,1H3,(H,30,32);1-2H3. The lowest BCUT2D eigenvalue weighted by atomic mass is 10.1. The Morgan fingerprint density at radius 2 is 1.74 bits per heavy atom. The van der Waals surface area contributed by atoms with Crippen LogP contribution in [0.2, 0.25) is 0 Å². The molecule has 0 fully saturated rings. The number of amides is 1. The number of benzene rings is 2. The summed E-state index contributed by atoms with van der Waals surface area (Å²) in [5.74, 6) is -2.19. The summed E-state index contributed by atoms with van der Waals surface area (Å²) in [6.07, 6.45) is -0.725. The van der Waals surface area contributed by atoms with Crippen LogP contribution in [0.4, 0.5) is 23.2 Å². The van der Waals surface area contributed by atoms with Crippen LogP contribution in [-0.4, -0.2) is 15.5 Å². The highest BCUT2D eigenvalue weighted by Gasteiger charge is 2.35. The normalized spacial score (nSPS) is 11.1. The zero-order chi connectivity index (χ0) is 25.8. The van der Waals surface area contributed by atoms with E-state index in [2.05, 4.69) is 10.3 Å². The van der Waals surface area contributed by atoms with Gasteiger partial charge in [0.15, 0.2) is 0 Å². The molecule has 0 spiro atoms. The molecule has 1 amide bonds. The van der Waals surface area contributed by atoms with Crippen molar-refractivity contribution in [3.8, 4) is 5.69 Å². The van der Waals surface area contributed by atoms with Crippen molar-refractivity contribution in [2.24, 2.45) is 0 Å². The molecule has 35 heavy (non-hydrogen) atoms. The highest BCUT2D eigenvalue weighted by molar-refractivity contribution is 6.02. The lowest BCUT2D eigenvalue weighted by Gasteiger charge is -2.13. The molecule has 2 heterocycles. The first-order chi connectivity index (χ1) is 16.7. The van der Waals surface area contributed by atoms with Crippen molar-refractivity contribution in [3.63, 3.8) is 0 Å². The molecule has 0 aliphatic rings. The third-order valence-electron chi connectivity index (χ3n) is 5.23. The van der Waals surface area contributed by atoms with E-state index < -0.39 is 29.9 Å². The minimum Gasteiger partial charge on any atom is -0.325 e. The zero-order valence-electron chi connectivity index (χ0n) is 19.3. The number of pyridine rings is 2. The lowest BCUT2D eigenvalue weighted by molar-refractivity contribution is -0.140.